The van der Waals surface area contributed by atoms with Crippen LogP contribution < -0.4 is 10.6 Å². The molecule has 0 saturated heterocycles. The SMILES string of the molecule is O=C(Cc1csc(NC(=O)c2ccccc2)n1)NCCc1nnc2ccccn12. The molecule has 0 unspecified atom stereocenters. The first-order valence-electron chi connectivity index (χ1n) is 9.05. The molecular weight excluding hydrogens is 388 g/mol. The summed E-state index contributed by atoms with van der Waals surface area (Å²) in [5, 5.41) is 16.1. The van der Waals surface area contributed by atoms with Crippen LogP contribution in [0.2, 0.25) is 0 Å². The van der Waals surface area contributed by atoms with E-state index < -0.39 is 0 Å². The van der Waals surface area contributed by atoms with E-state index >= 15 is 0 Å². The number of hydrogen-bond acceptors (Lipinski definition) is 6. The number of aromatic nitrogens is 4. The Morgan fingerprint density at radius 3 is 2.72 bits per heavy atom. The summed E-state index contributed by atoms with van der Waals surface area (Å²) in [7, 11) is 0. The van der Waals surface area contributed by atoms with Crippen molar-refractivity contribution in [3.63, 3.8) is 0 Å². The van der Waals surface area contributed by atoms with Crippen LogP contribution in [0.3, 0.4) is 0 Å². The van der Waals surface area contributed by atoms with Gasteiger partial charge < -0.3 is 5.32 Å². The predicted molar refractivity (Wildman–Crippen MR) is 110 cm³/mol. The van der Waals surface area contributed by atoms with Crippen LogP contribution in [0.25, 0.3) is 5.65 Å². The fraction of sp³-hybridized carbons (Fsp3) is 0.150. The van der Waals surface area contributed by atoms with Crippen LogP contribution in [0.4, 0.5) is 5.13 Å². The number of fused-ring (bicyclic) bond motifs is 1. The lowest BCUT2D eigenvalue weighted by molar-refractivity contribution is -0.120. The maximum absolute atomic E-state index is 12.2. The lowest BCUT2D eigenvalue weighted by Crippen LogP contribution is -2.27. The fourth-order valence-corrected chi connectivity index (χ4v) is 3.51. The van der Waals surface area contributed by atoms with Crippen LogP contribution >= 0.6 is 11.3 Å². The molecule has 2 amide bonds. The average molecular weight is 406 g/mol. The first kappa shape index (κ1) is 18.8. The topological polar surface area (TPSA) is 101 Å². The summed E-state index contributed by atoms with van der Waals surface area (Å²) < 4.78 is 1.90. The van der Waals surface area contributed by atoms with Crippen molar-refractivity contribution >= 4 is 33.9 Å². The van der Waals surface area contributed by atoms with Crippen molar-refractivity contribution in [1.82, 2.24) is 24.9 Å². The van der Waals surface area contributed by atoms with E-state index in [0.717, 1.165) is 11.5 Å². The Bertz CT molecular complexity index is 1140. The number of amides is 2. The summed E-state index contributed by atoms with van der Waals surface area (Å²) in [6.07, 6.45) is 2.62. The first-order chi connectivity index (χ1) is 14.2. The van der Waals surface area contributed by atoms with Gasteiger partial charge in [-0.15, -0.1) is 21.5 Å². The van der Waals surface area contributed by atoms with Crippen LogP contribution in [0.5, 0.6) is 0 Å². The van der Waals surface area contributed by atoms with Gasteiger partial charge in [0, 0.05) is 30.1 Å². The van der Waals surface area contributed by atoms with Crippen molar-refractivity contribution in [3.8, 4) is 0 Å². The van der Waals surface area contributed by atoms with Crippen molar-refractivity contribution in [1.29, 1.82) is 0 Å². The zero-order valence-electron chi connectivity index (χ0n) is 15.4. The number of thiazole rings is 1. The molecule has 1 aromatic carbocycles. The van der Waals surface area contributed by atoms with Crippen LogP contribution in [0.15, 0.2) is 60.1 Å². The molecule has 0 atom stereocenters. The predicted octanol–water partition coefficient (Wildman–Crippen LogP) is 2.34. The number of hydrogen-bond donors (Lipinski definition) is 2. The third kappa shape index (κ3) is 4.64. The molecule has 0 spiro atoms. The Labute approximate surface area is 170 Å². The van der Waals surface area contributed by atoms with Crippen molar-refractivity contribution < 1.29 is 9.59 Å². The Hall–Kier alpha value is -3.59. The molecule has 4 rings (SSSR count). The Morgan fingerprint density at radius 1 is 1.03 bits per heavy atom. The second kappa shape index (κ2) is 8.61. The highest BCUT2D eigenvalue weighted by Crippen LogP contribution is 2.17. The van der Waals surface area contributed by atoms with Crippen molar-refractivity contribution in [2.45, 2.75) is 12.8 Å². The third-order valence-corrected chi connectivity index (χ3v) is 5.01. The molecule has 9 heteroatoms. The Kier molecular flexibility index (Phi) is 5.57. The van der Waals surface area contributed by atoms with Gasteiger partial charge in [-0.3, -0.25) is 19.3 Å². The lowest BCUT2D eigenvalue weighted by Gasteiger charge is -2.03. The standard InChI is InChI=1S/C20H18N6O2S/c27-18(21-10-9-17-25-24-16-8-4-5-11-26(16)17)12-15-13-29-20(22-15)23-19(28)14-6-2-1-3-7-14/h1-8,11,13H,9-10,12H2,(H,21,27)(H,22,23,28). The number of carbonyl (C=O) groups excluding carboxylic acids is 2. The minimum Gasteiger partial charge on any atom is -0.355 e. The number of nitrogens with zero attached hydrogens (tertiary/aromatic N) is 4. The van der Waals surface area contributed by atoms with Gasteiger partial charge in [-0.25, -0.2) is 4.98 Å². The quantitative estimate of drug-likeness (QED) is 0.491. The number of rotatable bonds is 7. The van der Waals surface area contributed by atoms with E-state index in [-0.39, 0.29) is 18.2 Å². The molecule has 8 nitrogen and oxygen atoms in total. The van der Waals surface area contributed by atoms with Gasteiger partial charge in [-0.1, -0.05) is 24.3 Å². The van der Waals surface area contributed by atoms with E-state index in [1.807, 2.05) is 34.9 Å². The van der Waals surface area contributed by atoms with Gasteiger partial charge in [0.15, 0.2) is 10.8 Å². The molecule has 4 aromatic rings. The van der Waals surface area contributed by atoms with E-state index in [1.165, 1.54) is 11.3 Å². The second-order valence-corrected chi connectivity index (χ2v) is 7.14. The highest BCUT2D eigenvalue weighted by atomic mass is 32.1. The molecule has 0 aliphatic rings. The lowest BCUT2D eigenvalue weighted by atomic mass is 10.2. The Morgan fingerprint density at radius 2 is 1.86 bits per heavy atom. The molecule has 0 aliphatic carbocycles. The smallest absolute Gasteiger partial charge is 0.257 e. The van der Waals surface area contributed by atoms with E-state index in [1.54, 1.807) is 29.6 Å². The van der Waals surface area contributed by atoms with Gasteiger partial charge in [0.2, 0.25) is 5.91 Å². The van der Waals surface area contributed by atoms with Crippen molar-refractivity contribution in [3.05, 3.63) is 77.2 Å². The molecule has 2 N–H and O–H groups in total. The molecule has 3 heterocycles. The number of nitrogens with one attached hydrogen (secondary N) is 2. The summed E-state index contributed by atoms with van der Waals surface area (Å²) in [4.78, 5) is 28.7. The molecule has 0 aliphatic heterocycles. The zero-order chi connectivity index (χ0) is 20.1. The van der Waals surface area contributed by atoms with Crippen LogP contribution in [0.1, 0.15) is 21.9 Å². The molecule has 0 saturated carbocycles. The number of carbonyl (C=O) groups is 2. The zero-order valence-corrected chi connectivity index (χ0v) is 16.2. The van der Waals surface area contributed by atoms with E-state index in [0.29, 0.717) is 29.4 Å². The van der Waals surface area contributed by atoms with Gasteiger partial charge in [0.05, 0.1) is 12.1 Å². The van der Waals surface area contributed by atoms with Crippen molar-refractivity contribution in [2.75, 3.05) is 11.9 Å². The molecular formula is C20H18N6O2S. The maximum atomic E-state index is 12.2. The van der Waals surface area contributed by atoms with Gasteiger partial charge in [-0.05, 0) is 24.3 Å². The van der Waals surface area contributed by atoms with E-state index in [9.17, 15) is 9.59 Å². The molecule has 0 bridgehead atoms. The third-order valence-electron chi connectivity index (χ3n) is 4.20. The normalized spacial score (nSPS) is 10.8. The summed E-state index contributed by atoms with van der Waals surface area (Å²) in [5.41, 5.74) is 1.95. The molecule has 0 fully saturated rings. The highest BCUT2D eigenvalue weighted by Gasteiger charge is 2.11. The largest absolute Gasteiger partial charge is 0.355 e. The molecule has 3 aromatic heterocycles. The first-order valence-corrected chi connectivity index (χ1v) is 9.93. The summed E-state index contributed by atoms with van der Waals surface area (Å²) in [6, 6.07) is 14.6. The highest BCUT2D eigenvalue weighted by molar-refractivity contribution is 7.14. The summed E-state index contributed by atoms with van der Waals surface area (Å²) >= 11 is 1.29. The molecule has 0 radical (unpaired) electrons. The van der Waals surface area contributed by atoms with Crippen molar-refractivity contribution in [2.24, 2.45) is 0 Å². The van der Waals surface area contributed by atoms with Crippen LogP contribution in [-0.2, 0) is 17.6 Å². The van der Waals surface area contributed by atoms with Gasteiger partial charge >= 0.3 is 0 Å². The Balaban J connectivity index is 1.26. The second-order valence-electron chi connectivity index (χ2n) is 6.29. The number of benzene rings is 1. The fourth-order valence-electron chi connectivity index (χ4n) is 2.81. The van der Waals surface area contributed by atoms with E-state index in [2.05, 4.69) is 25.8 Å². The van der Waals surface area contributed by atoms with Crippen LogP contribution in [0, 0.1) is 0 Å². The number of pyridine rings is 1. The molecule has 29 heavy (non-hydrogen) atoms. The van der Waals surface area contributed by atoms with E-state index in [4.69, 9.17) is 0 Å². The minimum atomic E-state index is -0.225. The van der Waals surface area contributed by atoms with Gasteiger partial charge in [0.25, 0.3) is 5.91 Å². The minimum absolute atomic E-state index is 0.134. The van der Waals surface area contributed by atoms with Gasteiger partial charge in [-0.2, -0.15) is 0 Å². The summed E-state index contributed by atoms with van der Waals surface area (Å²) in [6.45, 7) is 0.455. The monoisotopic (exact) mass is 406 g/mol. The van der Waals surface area contributed by atoms with Crippen LogP contribution in [-0.4, -0.2) is 37.9 Å². The molecule has 146 valence electrons. The summed E-state index contributed by atoms with van der Waals surface area (Å²) in [5.74, 6) is 0.432. The average Bonchev–Trinajstić information content (AvgIpc) is 3.35. The maximum Gasteiger partial charge on any atom is 0.257 e. The number of anilines is 1. The van der Waals surface area contributed by atoms with Gasteiger partial charge in [0.1, 0.15) is 5.82 Å².